The third-order valence-electron chi connectivity index (χ3n) is 5.41. The number of nitrogens with one attached hydrogen (secondary N) is 2. The molecule has 0 aliphatic carbocycles. The average molecular weight is 450 g/mol. The predicted octanol–water partition coefficient (Wildman–Crippen LogP) is 5.72. The number of pyridine rings is 3. The lowest BCUT2D eigenvalue weighted by atomic mass is 10.1. The first-order valence-corrected chi connectivity index (χ1v) is 10.8. The lowest BCUT2D eigenvalue weighted by Gasteiger charge is -2.15. The summed E-state index contributed by atoms with van der Waals surface area (Å²) in [7, 11) is 0. The number of aromatic amines is 1. The van der Waals surface area contributed by atoms with E-state index in [1.165, 1.54) is 0 Å². The molecule has 0 saturated heterocycles. The van der Waals surface area contributed by atoms with Crippen molar-refractivity contribution in [2.24, 2.45) is 5.16 Å². The number of hydrogen-bond donors (Lipinski definition) is 2. The van der Waals surface area contributed by atoms with Crippen LogP contribution in [0.25, 0.3) is 21.7 Å². The van der Waals surface area contributed by atoms with Crippen molar-refractivity contribution >= 4 is 50.5 Å². The van der Waals surface area contributed by atoms with Gasteiger partial charge in [-0.15, -0.1) is 0 Å². The maximum atomic E-state index is 12.6. The lowest BCUT2D eigenvalue weighted by molar-refractivity contribution is 0.0699. The van der Waals surface area contributed by atoms with Crippen LogP contribution in [0.1, 0.15) is 38.3 Å². The van der Waals surface area contributed by atoms with Crippen molar-refractivity contribution in [3.05, 3.63) is 69.4 Å². The molecule has 0 radical (unpaired) electrons. The zero-order valence-corrected chi connectivity index (χ0v) is 19.1. The molecule has 0 aliphatic rings. The van der Waals surface area contributed by atoms with Gasteiger partial charge in [0.15, 0.2) is 0 Å². The minimum Gasteiger partial charge on any atom is -0.393 e. The number of oxime groups is 1. The van der Waals surface area contributed by atoms with Crippen LogP contribution in [-0.2, 0) is 4.84 Å². The Labute approximate surface area is 190 Å². The average Bonchev–Trinajstić information content (AvgIpc) is 2.79. The van der Waals surface area contributed by atoms with E-state index >= 15 is 0 Å². The van der Waals surface area contributed by atoms with Gasteiger partial charge in [-0.1, -0.05) is 23.7 Å². The number of rotatable bonds is 6. The maximum Gasteiger partial charge on any atom is 0.256 e. The zero-order chi connectivity index (χ0) is 22.8. The van der Waals surface area contributed by atoms with Crippen LogP contribution in [0.5, 0.6) is 0 Å². The number of anilines is 2. The molecule has 1 unspecified atom stereocenters. The second-order valence-corrected chi connectivity index (χ2v) is 8.13. The predicted molar refractivity (Wildman–Crippen MR) is 130 cm³/mol. The summed E-state index contributed by atoms with van der Waals surface area (Å²) in [5.41, 5.74) is 3.73. The summed E-state index contributed by atoms with van der Waals surface area (Å²) in [5, 5.41) is 10.0. The Kier molecular flexibility index (Phi) is 6.10. The summed E-state index contributed by atoms with van der Waals surface area (Å²) in [6, 6.07) is 7.43. The van der Waals surface area contributed by atoms with E-state index in [1.54, 1.807) is 24.7 Å². The lowest BCUT2D eigenvalue weighted by Crippen LogP contribution is -2.08. The molecule has 4 aromatic rings. The van der Waals surface area contributed by atoms with Gasteiger partial charge >= 0.3 is 0 Å². The molecule has 164 valence electrons. The van der Waals surface area contributed by atoms with Crippen molar-refractivity contribution in [3.8, 4) is 0 Å². The Morgan fingerprint density at radius 2 is 2.12 bits per heavy atom. The summed E-state index contributed by atoms with van der Waals surface area (Å²) in [4.78, 5) is 29.7. The van der Waals surface area contributed by atoms with Gasteiger partial charge in [-0.25, -0.2) is 4.98 Å². The Balaban J connectivity index is 1.78. The topological polar surface area (TPSA) is 92.3 Å². The van der Waals surface area contributed by atoms with Crippen LogP contribution < -0.4 is 10.9 Å². The Morgan fingerprint density at radius 1 is 1.31 bits per heavy atom. The highest BCUT2D eigenvalue weighted by molar-refractivity contribution is 6.34. The molecule has 0 fully saturated rings. The molecule has 4 rings (SSSR count). The van der Waals surface area contributed by atoms with Crippen molar-refractivity contribution in [2.75, 3.05) is 5.32 Å². The SMILES string of the molecule is CCC(C)O/N=C(\C)c1cc(C)c(Nc2nc3ccncc3c3c(=O)[nH]ccc23)c(Cl)c1. The molecule has 0 aliphatic heterocycles. The minimum absolute atomic E-state index is 0.0491. The maximum absolute atomic E-state index is 12.6. The molecule has 2 N–H and O–H groups in total. The first-order chi connectivity index (χ1) is 15.4. The first kappa shape index (κ1) is 21.8. The molecule has 0 amide bonds. The van der Waals surface area contributed by atoms with Gasteiger partial charge < -0.3 is 15.1 Å². The second-order valence-electron chi connectivity index (χ2n) is 7.72. The van der Waals surface area contributed by atoms with E-state index in [4.69, 9.17) is 21.4 Å². The zero-order valence-electron chi connectivity index (χ0n) is 18.4. The van der Waals surface area contributed by atoms with Crippen molar-refractivity contribution < 1.29 is 4.84 Å². The molecular weight excluding hydrogens is 426 g/mol. The van der Waals surface area contributed by atoms with Gasteiger partial charge in [-0.3, -0.25) is 9.78 Å². The fraction of sp³-hybridized carbons (Fsp3) is 0.250. The van der Waals surface area contributed by atoms with Crippen LogP contribution in [0.4, 0.5) is 11.5 Å². The smallest absolute Gasteiger partial charge is 0.256 e. The molecule has 0 spiro atoms. The number of hydrogen-bond acceptors (Lipinski definition) is 6. The van der Waals surface area contributed by atoms with E-state index in [1.807, 2.05) is 45.9 Å². The quantitative estimate of drug-likeness (QED) is 0.223. The van der Waals surface area contributed by atoms with Crippen LogP contribution >= 0.6 is 11.6 Å². The van der Waals surface area contributed by atoms with Crippen molar-refractivity contribution in [1.82, 2.24) is 15.0 Å². The number of benzene rings is 1. The highest BCUT2D eigenvalue weighted by Gasteiger charge is 2.15. The molecule has 1 atom stereocenters. The number of aryl methyl sites for hydroxylation is 1. The highest BCUT2D eigenvalue weighted by atomic mass is 35.5. The van der Waals surface area contributed by atoms with Crippen LogP contribution in [0.15, 0.2) is 52.8 Å². The fourth-order valence-corrected chi connectivity index (χ4v) is 3.74. The third-order valence-corrected chi connectivity index (χ3v) is 5.71. The van der Waals surface area contributed by atoms with E-state index in [-0.39, 0.29) is 11.7 Å². The summed E-state index contributed by atoms with van der Waals surface area (Å²) in [5.74, 6) is 0.549. The summed E-state index contributed by atoms with van der Waals surface area (Å²) < 4.78 is 0. The van der Waals surface area contributed by atoms with Gasteiger partial charge in [0.25, 0.3) is 5.56 Å². The summed E-state index contributed by atoms with van der Waals surface area (Å²) in [6.45, 7) is 7.87. The van der Waals surface area contributed by atoms with Gasteiger partial charge in [0, 0.05) is 34.9 Å². The van der Waals surface area contributed by atoms with Crippen molar-refractivity contribution in [1.29, 1.82) is 0 Å². The number of fused-ring (bicyclic) bond motifs is 3. The van der Waals surface area contributed by atoms with Crippen molar-refractivity contribution in [2.45, 2.75) is 40.2 Å². The third kappa shape index (κ3) is 4.16. The number of aromatic nitrogens is 3. The Hall–Kier alpha value is -3.45. The number of H-pyrrole nitrogens is 1. The van der Waals surface area contributed by atoms with E-state index in [0.29, 0.717) is 38.2 Å². The van der Waals surface area contributed by atoms with Gasteiger partial charge in [-0.05, 0) is 57.0 Å². The molecule has 7 nitrogen and oxygen atoms in total. The van der Waals surface area contributed by atoms with Crippen LogP contribution in [0, 0.1) is 6.92 Å². The van der Waals surface area contributed by atoms with Gasteiger partial charge in [-0.2, -0.15) is 0 Å². The standard InChI is InChI=1S/C24H24ClN5O2/c1-5-14(3)32-30-15(4)16-10-13(2)22(19(25)11-16)29-23-17-6-9-27-24(31)21(17)18-12-26-8-7-20(18)28-23/h6-12,14H,5H2,1-4H3,(H,27,31)(H,28,29)/b30-15+. The van der Waals surface area contributed by atoms with Crippen LogP contribution in [0.2, 0.25) is 5.02 Å². The Bertz CT molecular complexity index is 1370. The molecular formula is C24H24ClN5O2. The molecule has 3 aromatic heterocycles. The minimum atomic E-state index is -0.197. The monoisotopic (exact) mass is 449 g/mol. The van der Waals surface area contributed by atoms with E-state index in [0.717, 1.165) is 23.3 Å². The van der Waals surface area contributed by atoms with E-state index in [2.05, 4.69) is 20.4 Å². The first-order valence-electron chi connectivity index (χ1n) is 10.4. The molecule has 8 heteroatoms. The summed E-state index contributed by atoms with van der Waals surface area (Å²) in [6.07, 6.45) is 5.84. The van der Waals surface area contributed by atoms with Crippen LogP contribution in [0.3, 0.4) is 0 Å². The van der Waals surface area contributed by atoms with E-state index in [9.17, 15) is 4.79 Å². The van der Waals surface area contributed by atoms with Gasteiger partial charge in [0.2, 0.25) is 0 Å². The van der Waals surface area contributed by atoms with Crippen molar-refractivity contribution in [3.63, 3.8) is 0 Å². The van der Waals surface area contributed by atoms with Gasteiger partial charge in [0.05, 0.1) is 27.3 Å². The number of nitrogens with zero attached hydrogens (tertiary/aromatic N) is 3. The summed E-state index contributed by atoms with van der Waals surface area (Å²) >= 11 is 6.66. The normalized spacial score (nSPS) is 12.8. The number of halogens is 1. The fourth-order valence-electron chi connectivity index (χ4n) is 3.42. The van der Waals surface area contributed by atoms with Crippen LogP contribution in [-0.4, -0.2) is 26.8 Å². The van der Waals surface area contributed by atoms with Gasteiger partial charge in [0.1, 0.15) is 11.9 Å². The molecule has 32 heavy (non-hydrogen) atoms. The highest BCUT2D eigenvalue weighted by Crippen LogP contribution is 2.34. The molecule has 3 heterocycles. The molecule has 0 bridgehead atoms. The van der Waals surface area contributed by atoms with E-state index < -0.39 is 0 Å². The molecule has 0 saturated carbocycles. The largest absolute Gasteiger partial charge is 0.393 e. The molecule has 1 aromatic carbocycles. The second kappa shape index (κ2) is 8.96. The Morgan fingerprint density at radius 3 is 2.88 bits per heavy atom.